The molecule has 80 valence electrons. The Morgan fingerprint density at radius 3 is 2.80 bits per heavy atom. The molecule has 1 aliphatic rings. The molecule has 1 saturated heterocycles. The molecule has 0 aromatic heterocycles. The van der Waals surface area contributed by atoms with Crippen molar-refractivity contribution in [1.29, 1.82) is 0 Å². The van der Waals surface area contributed by atoms with Crippen molar-refractivity contribution in [2.24, 2.45) is 0 Å². The Balaban J connectivity index is 2.31. The quantitative estimate of drug-likeness (QED) is 0.720. The predicted molar refractivity (Wildman–Crippen MR) is 60.8 cm³/mol. The molecule has 1 aromatic rings. The first-order chi connectivity index (χ1) is 7.09. The van der Waals surface area contributed by atoms with Gasteiger partial charge in [0.05, 0.1) is 4.83 Å². The van der Waals surface area contributed by atoms with Crippen LogP contribution >= 0.6 is 15.9 Å². The number of amides is 1. The number of carbonyl (C=O) groups is 1. The van der Waals surface area contributed by atoms with Crippen LogP contribution in [0.2, 0.25) is 0 Å². The Bertz CT molecular complexity index is 408. The number of anilines is 1. The average Bonchev–Trinajstić information content (AvgIpc) is 2.53. The number of hydrogen-bond donors (Lipinski definition) is 0. The largest absolute Gasteiger partial charge is 0.311 e. The Labute approximate surface area is 96.2 Å². The SMILES string of the molecule is Cc1ccc(N2CCC(Br)C2=O)cc1F. The summed E-state index contributed by atoms with van der Waals surface area (Å²) in [6, 6.07) is 4.89. The summed E-state index contributed by atoms with van der Waals surface area (Å²) in [7, 11) is 0. The van der Waals surface area contributed by atoms with Crippen molar-refractivity contribution in [2.45, 2.75) is 18.2 Å². The molecular formula is C11H11BrFNO. The lowest BCUT2D eigenvalue weighted by atomic mass is 10.2. The molecule has 1 atom stereocenters. The molecule has 15 heavy (non-hydrogen) atoms. The van der Waals surface area contributed by atoms with Gasteiger partial charge in [-0.2, -0.15) is 0 Å². The second-order valence-electron chi connectivity index (χ2n) is 3.68. The molecule has 0 radical (unpaired) electrons. The molecule has 1 fully saturated rings. The van der Waals surface area contributed by atoms with Crippen molar-refractivity contribution in [3.05, 3.63) is 29.6 Å². The lowest BCUT2D eigenvalue weighted by Gasteiger charge is -2.16. The number of benzene rings is 1. The first-order valence-corrected chi connectivity index (χ1v) is 5.73. The van der Waals surface area contributed by atoms with Gasteiger partial charge in [0, 0.05) is 12.2 Å². The van der Waals surface area contributed by atoms with Crippen molar-refractivity contribution in [3.63, 3.8) is 0 Å². The molecule has 1 heterocycles. The van der Waals surface area contributed by atoms with E-state index in [1.165, 1.54) is 6.07 Å². The zero-order valence-corrected chi connectivity index (χ0v) is 9.92. The number of rotatable bonds is 1. The van der Waals surface area contributed by atoms with Crippen molar-refractivity contribution in [3.8, 4) is 0 Å². The Morgan fingerprint density at radius 1 is 1.53 bits per heavy atom. The molecule has 0 bridgehead atoms. The van der Waals surface area contributed by atoms with Crippen molar-refractivity contribution in [2.75, 3.05) is 11.4 Å². The summed E-state index contributed by atoms with van der Waals surface area (Å²) in [5.41, 5.74) is 1.24. The van der Waals surface area contributed by atoms with Gasteiger partial charge in [0.1, 0.15) is 5.82 Å². The van der Waals surface area contributed by atoms with Crippen LogP contribution in [0.15, 0.2) is 18.2 Å². The lowest BCUT2D eigenvalue weighted by molar-refractivity contribution is -0.116. The van der Waals surface area contributed by atoms with Gasteiger partial charge in [-0.05, 0) is 31.0 Å². The molecule has 2 rings (SSSR count). The highest BCUT2D eigenvalue weighted by atomic mass is 79.9. The zero-order valence-electron chi connectivity index (χ0n) is 8.34. The maximum atomic E-state index is 13.3. The Hall–Kier alpha value is -0.900. The second kappa shape index (κ2) is 3.93. The van der Waals surface area contributed by atoms with Crippen LogP contribution in [-0.4, -0.2) is 17.3 Å². The van der Waals surface area contributed by atoms with E-state index in [-0.39, 0.29) is 16.6 Å². The molecule has 0 saturated carbocycles. The average molecular weight is 272 g/mol. The summed E-state index contributed by atoms with van der Waals surface area (Å²) in [5, 5.41) is 0. The molecule has 0 spiro atoms. The highest BCUT2D eigenvalue weighted by molar-refractivity contribution is 9.10. The van der Waals surface area contributed by atoms with Crippen LogP contribution in [0, 0.1) is 12.7 Å². The minimum atomic E-state index is -0.265. The summed E-state index contributed by atoms with van der Waals surface area (Å²) in [4.78, 5) is 13.1. The number of halogens is 2. The van der Waals surface area contributed by atoms with Gasteiger partial charge in [-0.25, -0.2) is 4.39 Å². The summed E-state index contributed by atoms with van der Waals surface area (Å²) in [6.45, 7) is 2.36. The minimum Gasteiger partial charge on any atom is -0.311 e. The molecule has 1 unspecified atom stereocenters. The molecule has 1 aromatic carbocycles. The molecule has 1 amide bonds. The van der Waals surface area contributed by atoms with Crippen molar-refractivity contribution < 1.29 is 9.18 Å². The monoisotopic (exact) mass is 271 g/mol. The van der Waals surface area contributed by atoms with Crippen molar-refractivity contribution >= 4 is 27.5 Å². The third-order valence-electron chi connectivity index (χ3n) is 2.61. The van der Waals surface area contributed by atoms with Crippen LogP contribution in [0.4, 0.5) is 10.1 Å². The van der Waals surface area contributed by atoms with E-state index < -0.39 is 0 Å². The van der Waals surface area contributed by atoms with Crippen LogP contribution < -0.4 is 4.90 Å². The van der Waals surface area contributed by atoms with Gasteiger partial charge in [-0.1, -0.05) is 22.0 Å². The van der Waals surface area contributed by atoms with Crippen molar-refractivity contribution in [1.82, 2.24) is 0 Å². The molecule has 0 aliphatic carbocycles. The van der Waals surface area contributed by atoms with Gasteiger partial charge in [0.2, 0.25) is 5.91 Å². The highest BCUT2D eigenvalue weighted by Crippen LogP contribution is 2.26. The maximum Gasteiger partial charge on any atom is 0.240 e. The number of nitrogens with zero attached hydrogens (tertiary/aromatic N) is 1. The first kappa shape index (κ1) is 10.6. The fourth-order valence-corrected chi connectivity index (χ4v) is 2.10. The number of carbonyl (C=O) groups excluding carboxylic acids is 1. The summed E-state index contributed by atoms with van der Waals surface area (Å²) in [6.07, 6.45) is 0.772. The van der Waals surface area contributed by atoms with E-state index in [1.807, 2.05) is 0 Å². The van der Waals surface area contributed by atoms with E-state index in [4.69, 9.17) is 0 Å². The fourth-order valence-electron chi connectivity index (χ4n) is 1.65. The summed E-state index contributed by atoms with van der Waals surface area (Å²) in [5.74, 6) is -0.253. The number of alkyl halides is 1. The molecule has 1 aliphatic heterocycles. The first-order valence-electron chi connectivity index (χ1n) is 4.81. The van der Waals surface area contributed by atoms with E-state index >= 15 is 0 Å². The summed E-state index contributed by atoms with van der Waals surface area (Å²) >= 11 is 3.29. The second-order valence-corrected chi connectivity index (χ2v) is 4.78. The van der Waals surface area contributed by atoms with E-state index in [2.05, 4.69) is 15.9 Å². The standard InChI is InChI=1S/C11H11BrFNO/c1-7-2-3-8(6-10(7)13)14-5-4-9(12)11(14)15/h2-3,6,9H,4-5H2,1H3. The van der Waals surface area contributed by atoms with Gasteiger partial charge in [-0.3, -0.25) is 4.79 Å². The van der Waals surface area contributed by atoms with Gasteiger partial charge in [0.25, 0.3) is 0 Å². The normalized spacial score (nSPS) is 21.1. The lowest BCUT2D eigenvalue weighted by Crippen LogP contribution is -2.27. The highest BCUT2D eigenvalue weighted by Gasteiger charge is 2.30. The third kappa shape index (κ3) is 1.91. The van der Waals surface area contributed by atoms with Gasteiger partial charge >= 0.3 is 0 Å². The molecular weight excluding hydrogens is 261 g/mol. The van der Waals surface area contributed by atoms with E-state index in [1.54, 1.807) is 24.0 Å². The Kier molecular flexibility index (Phi) is 2.78. The Morgan fingerprint density at radius 2 is 2.27 bits per heavy atom. The zero-order chi connectivity index (χ0) is 11.0. The van der Waals surface area contributed by atoms with Crippen LogP contribution in [0.1, 0.15) is 12.0 Å². The fraction of sp³-hybridized carbons (Fsp3) is 0.364. The molecule has 0 N–H and O–H groups in total. The summed E-state index contributed by atoms with van der Waals surface area (Å²) < 4.78 is 13.3. The van der Waals surface area contributed by atoms with E-state index in [0.717, 1.165) is 6.42 Å². The maximum absolute atomic E-state index is 13.3. The van der Waals surface area contributed by atoms with Crippen LogP contribution in [-0.2, 0) is 4.79 Å². The van der Waals surface area contributed by atoms with E-state index in [9.17, 15) is 9.18 Å². The molecule has 4 heteroatoms. The smallest absolute Gasteiger partial charge is 0.240 e. The molecule has 2 nitrogen and oxygen atoms in total. The van der Waals surface area contributed by atoms with Gasteiger partial charge in [-0.15, -0.1) is 0 Å². The number of aryl methyl sites for hydroxylation is 1. The topological polar surface area (TPSA) is 20.3 Å². The minimum absolute atomic E-state index is 0.0123. The number of hydrogen-bond acceptors (Lipinski definition) is 1. The van der Waals surface area contributed by atoms with Crippen LogP contribution in [0.25, 0.3) is 0 Å². The van der Waals surface area contributed by atoms with E-state index in [0.29, 0.717) is 17.8 Å². The predicted octanol–water partition coefficient (Wildman–Crippen LogP) is 2.63. The third-order valence-corrected chi connectivity index (χ3v) is 3.46. The van der Waals surface area contributed by atoms with Gasteiger partial charge < -0.3 is 4.90 Å². The van der Waals surface area contributed by atoms with Crippen LogP contribution in [0.3, 0.4) is 0 Å². The van der Waals surface area contributed by atoms with Crippen LogP contribution in [0.5, 0.6) is 0 Å². The van der Waals surface area contributed by atoms with Gasteiger partial charge in [0.15, 0.2) is 0 Å².